The Labute approximate surface area is 126 Å². The summed E-state index contributed by atoms with van der Waals surface area (Å²) in [5, 5.41) is 14.9. The van der Waals surface area contributed by atoms with E-state index in [0.717, 1.165) is 24.2 Å². The van der Waals surface area contributed by atoms with Gasteiger partial charge in [0, 0.05) is 12.3 Å². The first-order valence-corrected chi connectivity index (χ1v) is 7.55. The number of amidine groups is 1. The lowest BCUT2D eigenvalue weighted by Gasteiger charge is -2.30. The average molecular weight is 288 g/mol. The second kappa shape index (κ2) is 5.88. The summed E-state index contributed by atoms with van der Waals surface area (Å²) in [6, 6.07) is 7.40. The van der Waals surface area contributed by atoms with E-state index in [9.17, 15) is 9.90 Å². The second-order valence-corrected chi connectivity index (χ2v) is 6.54. The minimum absolute atomic E-state index is 0.00139. The molecule has 0 saturated carbocycles. The van der Waals surface area contributed by atoms with Crippen LogP contribution in [0.2, 0.25) is 0 Å². The molecule has 0 amide bonds. The number of carboxylic acids is 1. The lowest BCUT2D eigenvalue weighted by Crippen LogP contribution is -2.88. The van der Waals surface area contributed by atoms with Gasteiger partial charge < -0.3 is 9.90 Å². The molecule has 1 aliphatic rings. The zero-order chi connectivity index (χ0) is 15.6. The van der Waals surface area contributed by atoms with E-state index in [2.05, 4.69) is 30.2 Å². The molecule has 0 bridgehead atoms. The molecule has 4 nitrogen and oxygen atoms in total. The van der Waals surface area contributed by atoms with Gasteiger partial charge in [-0.05, 0) is 31.9 Å². The largest absolute Gasteiger partial charge is 0.546 e. The molecule has 2 atom stereocenters. The molecule has 114 valence electrons. The van der Waals surface area contributed by atoms with Crippen molar-refractivity contribution in [1.82, 2.24) is 5.32 Å². The number of fused-ring (bicyclic) bond motifs is 1. The summed E-state index contributed by atoms with van der Waals surface area (Å²) in [6.07, 6.45) is 1.69. The van der Waals surface area contributed by atoms with Crippen LogP contribution in [0.15, 0.2) is 24.3 Å². The van der Waals surface area contributed by atoms with E-state index in [-0.39, 0.29) is 11.5 Å². The van der Waals surface area contributed by atoms with Gasteiger partial charge in [-0.2, -0.15) is 0 Å². The SMILES string of the molecule is CC[C@@H](C)[C@H]([NH+]=C1NC(C)(C)Cc2ccccc21)C(=O)[O-]. The van der Waals surface area contributed by atoms with Crippen molar-refractivity contribution in [3.8, 4) is 0 Å². The van der Waals surface area contributed by atoms with Gasteiger partial charge in [-0.15, -0.1) is 0 Å². The summed E-state index contributed by atoms with van der Waals surface area (Å²) < 4.78 is 0. The van der Waals surface area contributed by atoms with Crippen LogP contribution in [0.4, 0.5) is 0 Å². The third-order valence-electron chi connectivity index (χ3n) is 4.15. The summed E-state index contributed by atoms with van der Waals surface area (Å²) in [7, 11) is 0. The summed E-state index contributed by atoms with van der Waals surface area (Å²) >= 11 is 0. The summed E-state index contributed by atoms with van der Waals surface area (Å²) in [6.45, 7) is 8.14. The fourth-order valence-electron chi connectivity index (χ4n) is 2.78. The van der Waals surface area contributed by atoms with Gasteiger partial charge in [0.05, 0.1) is 11.5 Å². The molecular weight excluding hydrogens is 264 g/mol. The Morgan fingerprint density at radius 1 is 1.43 bits per heavy atom. The number of hydrogen-bond acceptors (Lipinski definition) is 2. The lowest BCUT2D eigenvalue weighted by molar-refractivity contribution is -0.517. The molecule has 2 rings (SSSR count). The molecule has 0 saturated heterocycles. The molecule has 0 spiro atoms. The van der Waals surface area contributed by atoms with E-state index in [0.29, 0.717) is 0 Å². The highest BCUT2D eigenvalue weighted by atomic mass is 16.4. The predicted octanol–water partition coefficient (Wildman–Crippen LogP) is -0.397. The zero-order valence-electron chi connectivity index (χ0n) is 13.2. The first-order valence-electron chi connectivity index (χ1n) is 7.55. The Balaban J connectivity index is 2.46. The van der Waals surface area contributed by atoms with Crippen LogP contribution in [0.3, 0.4) is 0 Å². The van der Waals surface area contributed by atoms with Crippen LogP contribution in [0.25, 0.3) is 0 Å². The van der Waals surface area contributed by atoms with E-state index >= 15 is 0 Å². The number of hydrogen-bond donors (Lipinski definition) is 2. The molecule has 0 unspecified atom stereocenters. The average Bonchev–Trinajstić information content (AvgIpc) is 2.42. The van der Waals surface area contributed by atoms with Crippen LogP contribution in [-0.2, 0) is 11.2 Å². The highest BCUT2D eigenvalue weighted by Crippen LogP contribution is 2.21. The Bertz CT molecular complexity index is 564. The fraction of sp³-hybridized carbons (Fsp3) is 0.529. The molecular formula is C17H24N2O2. The molecule has 0 aromatic heterocycles. The van der Waals surface area contributed by atoms with Gasteiger partial charge in [0.2, 0.25) is 0 Å². The van der Waals surface area contributed by atoms with Crippen molar-refractivity contribution in [1.29, 1.82) is 0 Å². The van der Waals surface area contributed by atoms with Crippen LogP contribution in [0, 0.1) is 5.92 Å². The highest BCUT2D eigenvalue weighted by molar-refractivity contribution is 5.97. The lowest BCUT2D eigenvalue weighted by atomic mass is 9.87. The number of aliphatic carboxylic acids is 1. The molecule has 21 heavy (non-hydrogen) atoms. The van der Waals surface area contributed by atoms with Gasteiger partial charge >= 0.3 is 0 Å². The van der Waals surface area contributed by atoms with E-state index < -0.39 is 12.0 Å². The fourth-order valence-corrected chi connectivity index (χ4v) is 2.78. The molecule has 0 aliphatic carbocycles. The maximum atomic E-state index is 11.4. The van der Waals surface area contributed by atoms with Gasteiger partial charge in [0.1, 0.15) is 11.6 Å². The smallest absolute Gasteiger partial charge is 0.276 e. The first-order chi connectivity index (χ1) is 9.84. The molecule has 1 aromatic carbocycles. The van der Waals surface area contributed by atoms with Crippen LogP contribution in [-0.4, -0.2) is 23.4 Å². The van der Waals surface area contributed by atoms with Crippen molar-refractivity contribution in [3.05, 3.63) is 35.4 Å². The molecule has 1 aromatic rings. The van der Waals surface area contributed by atoms with Crippen molar-refractivity contribution in [3.63, 3.8) is 0 Å². The van der Waals surface area contributed by atoms with Gasteiger partial charge in [-0.3, -0.25) is 10.3 Å². The first kappa shape index (κ1) is 15.5. The van der Waals surface area contributed by atoms with Crippen LogP contribution < -0.4 is 15.4 Å². The number of carbonyl (C=O) groups excluding carboxylic acids is 1. The van der Waals surface area contributed by atoms with Gasteiger partial charge in [-0.25, -0.2) is 0 Å². The molecule has 1 aliphatic heterocycles. The monoisotopic (exact) mass is 288 g/mol. The molecule has 4 heteroatoms. The molecule has 0 fully saturated rings. The van der Waals surface area contributed by atoms with Gasteiger partial charge in [-0.1, -0.05) is 32.0 Å². The van der Waals surface area contributed by atoms with Crippen LogP contribution in [0.1, 0.15) is 45.2 Å². The number of nitrogens with one attached hydrogen (secondary N) is 2. The molecule has 2 N–H and O–H groups in total. The van der Waals surface area contributed by atoms with Crippen LogP contribution in [0.5, 0.6) is 0 Å². The van der Waals surface area contributed by atoms with E-state index in [1.165, 1.54) is 5.56 Å². The summed E-state index contributed by atoms with van der Waals surface area (Å²) in [4.78, 5) is 14.6. The van der Waals surface area contributed by atoms with Crippen molar-refractivity contribution >= 4 is 11.8 Å². The minimum Gasteiger partial charge on any atom is -0.546 e. The Morgan fingerprint density at radius 3 is 2.71 bits per heavy atom. The molecule has 0 radical (unpaired) electrons. The normalized spacial score (nSPS) is 21.2. The molecule has 1 heterocycles. The van der Waals surface area contributed by atoms with E-state index in [4.69, 9.17) is 0 Å². The Hall–Kier alpha value is -1.84. The van der Waals surface area contributed by atoms with Crippen LogP contribution >= 0.6 is 0 Å². The minimum atomic E-state index is -1.06. The number of rotatable bonds is 4. The van der Waals surface area contributed by atoms with Crippen molar-refractivity contribution < 1.29 is 14.9 Å². The predicted molar refractivity (Wildman–Crippen MR) is 80.7 cm³/mol. The number of benzene rings is 1. The Kier molecular flexibility index (Phi) is 4.35. The quantitative estimate of drug-likeness (QED) is 0.792. The highest BCUT2D eigenvalue weighted by Gasteiger charge is 2.34. The van der Waals surface area contributed by atoms with Crippen molar-refractivity contribution in [2.45, 2.75) is 52.1 Å². The number of carboxylic acid groups (broad SMARTS) is 1. The van der Waals surface area contributed by atoms with E-state index in [1.807, 2.05) is 32.0 Å². The number of carbonyl (C=O) groups is 1. The van der Waals surface area contributed by atoms with Crippen molar-refractivity contribution in [2.75, 3.05) is 0 Å². The van der Waals surface area contributed by atoms with Gasteiger partial charge in [0.25, 0.3) is 5.84 Å². The topological polar surface area (TPSA) is 66.1 Å². The third-order valence-corrected chi connectivity index (χ3v) is 4.15. The van der Waals surface area contributed by atoms with Crippen molar-refractivity contribution in [2.24, 2.45) is 5.92 Å². The third kappa shape index (κ3) is 3.43. The zero-order valence-corrected chi connectivity index (χ0v) is 13.2. The Morgan fingerprint density at radius 2 is 2.10 bits per heavy atom. The second-order valence-electron chi connectivity index (χ2n) is 6.54. The summed E-state index contributed by atoms with van der Waals surface area (Å²) in [5.74, 6) is -0.266. The summed E-state index contributed by atoms with van der Waals surface area (Å²) in [5.41, 5.74) is 2.17. The maximum Gasteiger partial charge on any atom is 0.276 e. The van der Waals surface area contributed by atoms with Gasteiger partial charge in [0.15, 0.2) is 0 Å². The van der Waals surface area contributed by atoms with E-state index in [1.54, 1.807) is 0 Å². The standard InChI is InChI=1S/C17H24N2O2/c1-5-11(2)14(16(20)21)18-15-13-9-7-6-8-12(13)10-17(3,4)19-15/h6-9,11,14H,5,10H2,1-4H3,(H,18,19)(H,20,21)/t11-,14+/m1/s1. The maximum absolute atomic E-state index is 11.4.